The molecule has 0 aromatic carbocycles. The number of likely N-dealkylation sites (N-methyl/N-ethyl adjacent to an activating group) is 1. The first kappa shape index (κ1) is 10.7. The number of piperazine rings is 1. The van der Waals surface area contributed by atoms with Crippen molar-refractivity contribution in [1.29, 1.82) is 0 Å². The predicted molar refractivity (Wildman–Crippen MR) is 60.0 cm³/mol. The number of hydrogen-bond donors (Lipinski definition) is 1. The van der Waals surface area contributed by atoms with Gasteiger partial charge in [0.15, 0.2) is 0 Å². The minimum Gasteiger partial charge on any atom is -0.304 e. The molecule has 1 aliphatic heterocycles. The molecule has 0 aromatic rings. The summed E-state index contributed by atoms with van der Waals surface area (Å²) in [7, 11) is 3.85. The third-order valence-corrected chi connectivity index (χ3v) is 3.88. The van der Waals surface area contributed by atoms with Crippen molar-refractivity contribution >= 4 is 22.5 Å². The normalized spacial score (nSPS) is 24.2. The van der Waals surface area contributed by atoms with Crippen molar-refractivity contribution in [3.8, 4) is 0 Å². The Labute approximate surface area is 84.5 Å². The van der Waals surface area contributed by atoms with Gasteiger partial charge in [-0.25, -0.2) is 0 Å². The molecule has 1 heterocycles. The molecular weight excluding hydrogens is 188 g/mol. The van der Waals surface area contributed by atoms with E-state index in [2.05, 4.69) is 35.4 Å². The first-order valence-electron chi connectivity index (χ1n) is 4.43. The van der Waals surface area contributed by atoms with Crippen molar-refractivity contribution in [2.24, 2.45) is 0 Å². The molecule has 0 aromatic heterocycles. The van der Waals surface area contributed by atoms with Crippen molar-refractivity contribution in [2.45, 2.75) is 12.2 Å². The minimum atomic E-state index is 0.650. The molecule has 0 aliphatic carbocycles. The van der Waals surface area contributed by atoms with Crippen LogP contribution < -0.4 is 0 Å². The molecule has 1 atom stereocenters. The van der Waals surface area contributed by atoms with Crippen LogP contribution in [0.1, 0.15) is 6.92 Å². The van der Waals surface area contributed by atoms with Crippen LogP contribution in [0.2, 0.25) is 0 Å². The molecule has 0 spiro atoms. The van der Waals surface area contributed by atoms with E-state index in [0.29, 0.717) is 5.25 Å². The quantitative estimate of drug-likeness (QED) is 0.548. The van der Waals surface area contributed by atoms with Gasteiger partial charge < -0.3 is 4.90 Å². The SMILES string of the molecule is CC(CN1CCN(C)CC1)SS. The fourth-order valence-electron chi connectivity index (χ4n) is 1.43. The van der Waals surface area contributed by atoms with Gasteiger partial charge in [-0.15, -0.1) is 11.7 Å². The Morgan fingerprint density at radius 2 is 1.92 bits per heavy atom. The Balaban J connectivity index is 2.17. The van der Waals surface area contributed by atoms with E-state index in [1.54, 1.807) is 10.8 Å². The smallest absolute Gasteiger partial charge is 0.0248 e. The highest BCUT2D eigenvalue weighted by Gasteiger charge is 2.15. The molecule has 0 radical (unpaired) electrons. The first-order chi connectivity index (χ1) is 5.72. The van der Waals surface area contributed by atoms with Gasteiger partial charge in [-0.2, -0.15) is 0 Å². The van der Waals surface area contributed by atoms with Crippen molar-refractivity contribution in [3.05, 3.63) is 0 Å². The van der Waals surface area contributed by atoms with Crippen LogP contribution in [0.5, 0.6) is 0 Å². The van der Waals surface area contributed by atoms with Gasteiger partial charge in [0, 0.05) is 38.0 Å². The summed E-state index contributed by atoms with van der Waals surface area (Å²) in [6.45, 7) is 8.27. The van der Waals surface area contributed by atoms with E-state index in [1.165, 1.54) is 32.7 Å². The molecule has 1 unspecified atom stereocenters. The minimum absolute atomic E-state index is 0.650. The topological polar surface area (TPSA) is 6.48 Å². The second-order valence-corrected chi connectivity index (χ2v) is 5.17. The molecule has 12 heavy (non-hydrogen) atoms. The Bertz CT molecular complexity index is 124. The van der Waals surface area contributed by atoms with Crippen LogP contribution in [0.15, 0.2) is 0 Å². The van der Waals surface area contributed by atoms with Crippen molar-refractivity contribution in [3.63, 3.8) is 0 Å². The van der Waals surface area contributed by atoms with Gasteiger partial charge in [-0.1, -0.05) is 17.7 Å². The second-order valence-electron chi connectivity index (χ2n) is 3.52. The molecule has 2 nitrogen and oxygen atoms in total. The molecule has 0 bridgehead atoms. The standard InChI is InChI=1S/C8H18N2S2/c1-8(12-11)7-10-5-3-9(2)4-6-10/h8,11H,3-7H2,1-2H3. The lowest BCUT2D eigenvalue weighted by atomic mass is 10.3. The van der Waals surface area contributed by atoms with E-state index in [9.17, 15) is 0 Å². The summed E-state index contributed by atoms with van der Waals surface area (Å²) < 4.78 is 0. The van der Waals surface area contributed by atoms with E-state index >= 15 is 0 Å². The van der Waals surface area contributed by atoms with E-state index in [-0.39, 0.29) is 0 Å². The Morgan fingerprint density at radius 3 is 2.42 bits per heavy atom. The average molecular weight is 206 g/mol. The molecule has 1 fully saturated rings. The van der Waals surface area contributed by atoms with Crippen molar-refractivity contribution in [2.75, 3.05) is 39.8 Å². The highest BCUT2D eigenvalue weighted by molar-refractivity contribution is 8.68. The molecule has 1 saturated heterocycles. The molecule has 0 saturated carbocycles. The fourth-order valence-corrected chi connectivity index (χ4v) is 1.90. The molecule has 1 rings (SSSR count). The van der Waals surface area contributed by atoms with Crippen molar-refractivity contribution < 1.29 is 0 Å². The molecule has 0 amide bonds. The monoisotopic (exact) mass is 206 g/mol. The zero-order valence-electron chi connectivity index (χ0n) is 7.86. The van der Waals surface area contributed by atoms with Crippen LogP contribution in [-0.2, 0) is 0 Å². The predicted octanol–water partition coefficient (Wildman–Crippen LogP) is 1.20. The maximum absolute atomic E-state index is 4.21. The van der Waals surface area contributed by atoms with Gasteiger partial charge >= 0.3 is 0 Å². The van der Waals surface area contributed by atoms with Crippen LogP contribution in [0.4, 0.5) is 0 Å². The van der Waals surface area contributed by atoms with E-state index in [4.69, 9.17) is 0 Å². The summed E-state index contributed by atoms with van der Waals surface area (Å²) >= 11 is 4.21. The summed E-state index contributed by atoms with van der Waals surface area (Å²) in [5.74, 6) is 0. The third kappa shape index (κ3) is 3.56. The van der Waals surface area contributed by atoms with Crippen LogP contribution in [0.3, 0.4) is 0 Å². The average Bonchev–Trinajstić information content (AvgIpc) is 2.09. The molecule has 72 valence electrons. The van der Waals surface area contributed by atoms with Gasteiger partial charge in [-0.05, 0) is 7.05 Å². The third-order valence-electron chi connectivity index (χ3n) is 2.29. The molecular formula is C8H18N2S2. The zero-order valence-corrected chi connectivity index (χ0v) is 9.57. The zero-order chi connectivity index (χ0) is 8.97. The Hall–Kier alpha value is 0.620. The largest absolute Gasteiger partial charge is 0.304 e. The van der Waals surface area contributed by atoms with Gasteiger partial charge in [0.2, 0.25) is 0 Å². The molecule has 0 N–H and O–H groups in total. The lowest BCUT2D eigenvalue weighted by Crippen LogP contribution is -2.46. The van der Waals surface area contributed by atoms with Crippen LogP contribution in [-0.4, -0.2) is 54.8 Å². The van der Waals surface area contributed by atoms with E-state index < -0.39 is 0 Å². The second kappa shape index (κ2) is 5.37. The highest BCUT2D eigenvalue weighted by Crippen LogP contribution is 2.15. The Morgan fingerprint density at radius 1 is 1.33 bits per heavy atom. The van der Waals surface area contributed by atoms with E-state index in [1.807, 2.05) is 0 Å². The van der Waals surface area contributed by atoms with Crippen LogP contribution in [0.25, 0.3) is 0 Å². The lowest BCUT2D eigenvalue weighted by molar-refractivity contribution is 0.156. The fraction of sp³-hybridized carbons (Fsp3) is 1.00. The Kier molecular flexibility index (Phi) is 4.79. The van der Waals surface area contributed by atoms with E-state index in [0.717, 1.165) is 0 Å². The maximum Gasteiger partial charge on any atom is 0.0248 e. The van der Waals surface area contributed by atoms with Gasteiger partial charge in [0.1, 0.15) is 0 Å². The van der Waals surface area contributed by atoms with Gasteiger partial charge in [-0.3, -0.25) is 4.90 Å². The molecule has 1 aliphatic rings. The maximum atomic E-state index is 4.21. The summed E-state index contributed by atoms with van der Waals surface area (Å²) in [5, 5.41) is 0.650. The number of hydrogen-bond acceptors (Lipinski definition) is 4. The van der Waals surface area contributed by atoms with Crippen molar-refractivity contribution in [1.82, 2.24) is 9.80 Å². The number of nitrogens with zero attached hydrogens (tertiary/aromatic N) is 2. The summed E-state index contributed by atoms with van der Waals surface area (Å²) in [4.78, 5) is 4.91. The number of rotatable bonds is 3. The van der Waals surface area contributed by atoms with Crippen LogP contribution >= 0.6 is 22.5 Å². The van der Waals surface area contributed by atoms with Gasteiger partial charge in [0.05, 0.1) is 0 Å². The first-order valence-corrected chi connectivity index (χ1v) is 6.36. The highest BCUT2D eigenvalue weighted by atomic mass is 33.1. The number of thiol groups is 1. The van der Waals surface area contributed by atoms with Crippen LogP contribution in [0, 0.1) is 0 Å². The van der Waals surface area contributed by atoms with Gasteiger partial charge in [0.25, 0.3) is 0 Å². The summed E-state index contributed by atoms with van der Waals surface area (Å²) in [6, 6.07) is 0. The molecule has 4 heteroatoms. The summed E-state index contributed by atoms with van der Waals surface area (Å²) in [5.41, 5.74) is 0. The lowest BCUT2D eigenvalue weighted by Gasteiger charge is -2.33. The summed E-state index contributed by atoms with van der Waals surface area (Å²) in [6.07, 6.45) is 0.